The predicted molar refractivity (Wildman–Crippen MR) is 85.4 cm³/mol. The van der Waals surface area contributed by atoms with E-state index in [0.717, 1.165) is 31.2 Å². The van der Waals surface area contributed by atoms with Crippen LogP contribution in [0.1, 0.15) is 57.8 Å². The number of rotatable bonds is 5. The number of hydrogen-bond acceptors (Lipinski definition) is 3. The molecule has 0 aromatic carbocycles. The van der Waals surface area contributed by atoms with E-state index in [1.165, 1.54) is 77.4 Å². The molecule has 4 fully saturated rings. The molecule has 2 aliphatic heterocycles. The smallest absolute Gasteiger partial charge is 0.0546 e. The van der Waals surface area contributed by atoms with Crippen LogP contribution in [0.2, 0.25) is 0 Å². The van der Waals surface area contributed by atoms with Crippen LogP contribution in [0.4, 0.5) is 0 Å². The van der Waals surface area contributed by atoms with Gasteiger partial charge in [0, 0.05) is 37.2 Å². The van der Waals surface area contributed by atoms with Gasteiger partial charge in [0.1, 0.15) is 0 Å². The van der Waals surface area contributed by atoms with Crippen molar-refractivity contribution in [1.82, 2.24) is 10.2 Å². The first-order valence-electron chi connectivity index (χ1n) is 9.40. The lowest BCUT2D eigenvalue weighted by Crippen LogP contribution is -2.53. The fraction of sp³-hybridized carbons (Fsp3) is 1.00. The third kappa shape index (κ3) is 3.30. The summed E-state index contributed by atoms with van der Waals surface area (Å²) >= 11 is 0. The number of nitrogens with one attached hydrogen (secondary N) is 1. The highest BCUT2D eigenvalue weighted by molar-refractivity contribution is 4.96. The fourth-order valence-corrected chi connectivity index (χ4v) is 5.06. The molecule has 3 unspecified atom stereocenters. The quantitative estimate of drug-likeness (QED) is 0.843. The third-order valence-electron chi connectivity index (χ3n) is 6.39. The maximum atomic E-state index is 5.92. The maximum absolute atomic E-state index is 5.92. The first-order chi connectivity index (χ1) is 10.3. The van der Waals surface area contributed by atoms with Crippen molar-refractivity contribution in [1.29, 1.82) is 0 Å². The predicted octanol–water partition coefficient (Wildman–Crippen LogP) is 2.80. The van der Waals surface area contributed by atoms with Crippen molar-refractivity contribution in [2.45, 2.75) is 69.9 Å². The van der Waals surface area contributed by atoms with E-state index >= 15 is 0 Å². The summed E-state index contributed by atoms with van der Waals surface area (Å²) in [6, 6.07) is 1.72. The van der Waals surface area contributed by atoms with Crippen molar-refractivity contribution in [3.05, 3.63) is 0 Å². The summed E-state index contributed by atoms with van der Waals surface area (Å²) in [7, 11) is 0. The molecular weight excluding hydrogens is 260 g/mol. The topological polar surface area (TPSA) is 24.5 Å². The number of nitrogens with zero attached hydrogens (tertiary/aromatic N) is 1. The highest BCUT2D eigenvalue weighted by Crippen LogP contribution is 2.39. The Morgan fingerprint density at radius 2 is 1.95 bits per heavy atom. The van der Waals surface area contributed by atoms with Gasteiger partial charge in [-0.15, -0.1) is 0 Å². The normalized spacial score (nSPS) is 41.1. The first kappa shape index (κ1) is 14.5. The zero-order valence-corrected chi connectivity index (χ0v) is 13.5. The number of fused-ring (bicyclic) bond motifs is 1. The molecule has 4 rings (SSSR count). The standard InChI is InChI=1S/C18H32N2O/c1-4-15-5-2-10-20(17(15)6-1)13-18(9-3-11-21-14-18)12-19-16-7-8-16/h15-17,19H,1-14H2. The molecule has 3 nitrogen and oxygen atoms in total. The van der Waals surface area contributed by atoms with Gasteiger partial charge in [0.05, 0.1) is 6.61 Å². The van der Waals surface area contributed by atoms with Gasteiger partial charge in [0.2, 0.25) is 0 Å². The molecule has 0 aromatic heterocycles. The highest BCUT2D eigenvalue weighted by Gasteiger charge is 2.41. The molecule has 3 heteroatoms. The van der Waals surface area contributed by atoms with Gasteiger partial charge in [-0.2, -0.15) is 0 Å². The second kappa shape index (κ2) is 6.17. The number of ether oxygens (including phenoxy) is 1. The van der Waals surface area contributed by atoms with Crippen LogP contribution >= 0.6 is 0 Å². The molecule has 2 aliphatic carbocycles. The summed E-state index contributed by atoms with van der Waals surface area (Å²) in [5, 5.41) is 3.81. The Bertz CT molecular complexity index is 349. The van der Waals surface area contributed by atoms with Gasteiger partial charge in [-0.3, -0.25) is 4.90 Å². The minimum Gasteiger partial charge on any atom is -0.381 e. The van der Waals surface area contributed by atoms with Crippen molar-refractivity contribution in [2.24, 2.45) is 11.3 Å². The minimum atomic E-state index is 0.394. The molecular formula is C18H32N2O. The number of hydrogen-bond donors (Lipinski definition) is 1. The van der Waals surface area contributed by atoms with Crippen LogP contribution < -0.4 is 5.32 Å². The molecule has 120 valence electrons. The summed E-state index contributed by atoms with van der Waals surface area (Å²) in [5.41, 5.74) is 0.394. The van der Waals surface area contributed by atoms with Crippen LogP contribution in [0.25, 0.3) is 0 Å². The summed E-state index contributed by atoms with van der Waals surface area (Å²) in [6.07, 6.45) is 12.7. The molecule has 21 heavy (non-hydrogen) atoms. The zero-order chi connectivity index (χ0) is 14.1. The lowest BCUT2D eigenvalue weighted by molar-refractivity contribution is -0.0417. The van der Waals surface area contributed by atoms with Crippen molar-refractivity contribution in [2.75, 3.05) is 32.8 Å². The number of piperidine rings is 1. The van der Waals surface area contributed by atoms with Gasteiger partial charge < -0.3 is 10.1 Å². The highest BCUT2D eigenvalue weighted by atomic mass is 16.5. The molecule has 0 spiro atoms. The van der Waals surface area contributed by atoms with Gasteiger partial charge in [0.15, 0.2) is 0 Å². The average molecular weight is 292 g/mol. The average Bonchev–Trinajstić information content (AvgIpc) is 3.22. The molecule has 3 atom stereocenters. The van der Waals surface area contributed by atoms with Crippen molar-refractivity contribution in [3.63, 3.8) is 0 Å². The zero-order valence-electron chi connectivity index (χ0n) is 13.5. The first-order valence-corrected chi connectivity index (χ1v) is 9.40. The third-order valence-corrected chi connectivity index (χ3v) is 6.39. The Morgan fingerprint density at radius 3 is 2.76 bits per heavy atom. The van der Waals surface area contributed by atoms with Gasteiger partial charge in [-0.05, 0) is 63.8 Å². The fourth-order valence-electron chi connectivity index (χ4n) is 5.06. The second-order valence-corrected chi connectivity index (χ2v) is 8.18. The number of likely N-dealkylation sites (tertiary alicyclic amines) is 1. The van der Waals surface area contributed by atoms with Gasteiger partial charge in [0.25, 0.3) is 0 Å². The van der Waals surface area contributed by atoms with Crippen molar-refractivity contribution >= 4 is 0 Å². The lowest BCUT2D eigenvalue weighted by atomic mass is 9.80. The molecule has 0 radical (unpaired) electrons. The van der Waals surface area contributed by atoms with E-state index in [1.807, 2.05) is 0 Å². The molecule has 2 heterocycles. The molecule has 2 saturated carbocycles. The SMILES string of the molecule is C1CC2CCCN(CC3(CNC4CC4)CCCOC3)C2C1. The van der Waals surface area contributed by atoms with Gasteiger partial charge >= 0.3 is 0 Å². The van der Waals surface area contributed by atoms with E-state index in [2.05, 4.69) is 10.2 Å². The Kier molecular flexibility index (Phi) is 4.25. The Morgan fingerprint density at radius 1 is 1.05 bits per heavy atom. The van der Waals surface area contributed by atoms with Crippen molar-refractivity contribution < 1.29 is 4.74 Å². The lowest BCUT2D eigenvalue weighted by Gasteiger charge is -2.46. The second-order valence-electron chi connectivity index (χ2n) is 8.18. The van der Waals surface area contributed by atoms with E-state index in [1.54, 1.807) is 0 Å². The Hall–Kier alpha value is -0.120. The molecule has 2 saturated heterocycles. The van der Waals surface area contributed by atoms with E-state index in [4.69, 9.17) is 4.74 Å². The van der Waals surface area contributed by atoms with Crippen LogP contribution in [-0.2, 0) is 4.74 Å². The summed E-state index contributed by atoms with van der Waals surface area (Å²) in [4.78, 5) is 2.87. The van der Waals surface area contributed by atoms with E-state index in [0.29, 0.717) is 5.41 Å². The molecule has 0 aromatic rings. The van der Waals surface area contributed by atoms with E-state index in [-0.39, 0.29) is 0 Å². The minimum absolute atomic E-state index is 0.394. The van der Waals surface area contributed by atoms with Crippen LogP contribution in [0.3, 0.4) is 0 Å². The molecule has 1 N–H and O–H groups in total. The van der Waals surface area contributed by atoms with E-state index < -0.39 is 0 Å². The van der Waals surface area contributed by atoms with Crippen LogP contribution in [0.5, 0.6) is 0 Å². The largest absolute Gasteiger partial charge is 0.381 e. The monoisotopic (exact) mass is 292 g/mol. The van der Waals surface area contributed by atoms with Crippen LogP contribution in [0.15, 0.2) is 0 Å². The van der Waals surface area contributed by atoms with Crippen LogP contribution in [-0.4, -0.2) is 49.8 Å². The summed E-state index contributed by atoms with van der Waals surface area (Å²) in [6.45, 7) is 5.78. The molecule has 4 aliphatic rings. The van der Waals surface area contributed by atoms with Gasteiger partial charge in [-0.25, -0.2) is 0 Å². The van der Waals surface area contributed by atoms with E-state index in [9.17, 15) is 0 Å². The molecule has 0 bridgehead atoms. The van der Waals surface area contributed by atoms with Crippen molar-refractivity contribution in [3.8, 4) is 0 Å². The summed E-state index contributed by atoms with van der Waals surface area (Å²) in [5.74, 6) is 1.01. The Balaban J connectivity index is 1.42. The van der Waals surface area contributed by atoms with Gasteiger partial charge in [-0.1, -0.05) is 6.42 Å². The summed E-state index contributed by atoms with van der Waals surface area (Å²) < 4.78 is 5.92. The molecule has 0 amide bonds. The maximum Gasteiger partial charge on any atom is 0.0546 e. The Labute approximate surface area is 129 Å². The van der Waals surface area contributed by atoms with Crippen LogP contribution in [0, 0.1) is 11.3 Å².